The van der Waals surface area contributed by atoms with Crippen molar-refractivity contribution in [2.24, 2.45) is 0 Å². The Morgan fingerprint density at radius 3 is 1.71 bits per heavy atom. The molecule has 2 heteroatoms. The van der Waals surface area contributed by atoms with Crippen LogP contribution in [0.2, 0.25) is 0 Å². The van der Waals surface area contributed by atoms with Crippen molar-refractivity contribution in [3.05, 3.63) is 60.7 Å². The highest BCUT2D eigenvalue weighted by Crippen LogP contribution is 2.31. The first-order valence-corrected chi connectivity index (χ1v) is 8.14. The number of ether oxygens (including phenoxy) is 1. The Labute approximate surface area is 133 Å². The number of benzene rings is 2. The van der Waals surface area contributed by atoms with E-state index in [1.807, 2.05) is 62.0 Å². The summed E-state index contributed by atoms with van der Waals surface area (Å²) in [4.78, 5) is 1.35. The third-order valence-electron chi connectivity index (χ3n) is 2.28. The molecule has 2 aromatic carbocycles. The van der Waals surface area contributed by atoms with Crippen molar-refractivity contribution < 1.29 is 4.74 Å². The average Bonchev–Trinajstić information content (AvgIpc) is 2.39. The van der Waals surface area contributed by atoms with E-state index in [-0.39, 0.29) is 6.10 Å². The second kappa shape index (κ2) is 8.78. The van der Waals surface area contributed by atoms with Crippen LogP contribution in [0.25, 0.3) is 0 Å². The van der Waals surface area contributed by atoms with E-state index in [4.69, 9.17) is 4.74 Å². The summed E-state index contributed by atoms with van der Waals surface area (Å²) in [7, 11) is 0. The Morgan fingerprint density at radius 1 is 0.810 bits per heavy atom. The van der Waals surface area contributed by atoms with Gasteiger partial charge in [0.25, 0.3) is 0 Å². The summed E-state index contributed by atoms with van der Waals surface area (Å²) in [6.45, 7) is 10.7. The molecular weight excluding hydrogens is 276 g/mol. The fourth-order valence-corrected chi connectivity index (χ4v) is 2.61. The predicted molar refractivity (Wildman–Crippen MR) is 94.3 cm³/mol. The molecule has 0 atom stereocenters. The van der Waals surface area contributed by atoms with Crippen LogP contribution >= 0.6 is 11.8 Å². The van der Waals surface area contributed by atoms with Crippen LogP contribution in [0, 0.1) is 0 Å². The fourth-order valence-electron chi connectivity index (χ4n) is 1.61. The molecule has 0 aliphatic carbocycles. The van der Waals surface area contributed by atoms with Crippen LogP contribution in [-0.4, -0.2) is 10.9 Å². The van der Waals surface area contributed by atoms with Crippen LogP contribution in [0.4, 0.5) is 0 Å². The molecule has 0 aliphatic rings. The van der Waals surface area contributed by atoms with Crippen molar-refractivity contribution in [1.29, 1.82) is 0 Å². The first-order chi connectivity index (χ1) is 9.87. The monoisotopic (exact) mass is 302 g/mol. The van der Waals surface area contributed by atoms with Gasteiger partial charge in [-0.2, -0.15) is 0 Å². The first-order valence-electron chi connectivity index (χ1n) is 7.32. The van der Waals surface area contributed by atoms with Crippen LogP contribution in [0.3, 0.4) is 0 Å². The summed E-state index contributed by atoms with van der Waals surface area (Å²) in [5, 5.41) is 0. The molecule has 0 aliphatic heterocycles. The first kappa shape index (κ1) is 17.6. The van der Waals surface area contributed by atoms with Gasteiger partial charge in [-0.1, -0.05) is 57.2 Å². The molecule has 0 bridgehead atoms. The van der Waals surface area contributed by atoms with Gasteiger partial charge < -0.3 is 4.74 Å². The standard InChI is InChI=1S/C10H14S.C9H12O/c1-10(2,3)11-9-7-5-4-6-8-9;1-8(2)10-9-6-4-3-5-7-9/h4-8H,1-3H3;3-8H,1-2H3. The van der Waals surface area contributed by atoms with Gasteiger partial charge in [-0.25, -0.2) is 0 Å². The van der Waals surface area contributed by atoms with Crippen molar-refractivity contribution in [2.45, 2.75) is 50.4 Å². The normalized spacial score (nSPS) is 10.8. The molecule has 0 fully saturated rings. The molecule has 1 nitrogen and oxygen atoms in total. The molecule has 0 unspecified atom stereocenters. The van der Waals surface area contributed by atoms with Crippen LogP contribution in [0.1, 0.15) is 34.6 Å². The number of thioether (sulfide) groups is 1. The van der Waals surface area contributed by atoms with Gasteiger partial charge >= 0.3 is 0 Å². The van der Waals surface area contributed by atoms with Gasteiger partial charge in [0.05, 0.1) is 6.10 Å². The van der Waals surface area contributed by atoms with E-state index in [1.165, 1.54) is 4.90 Å². The van der Waals surface area contributed by atoms with Crippen LogP contribution in [0.5, 0.6) is 5.75 Å². The lowest BCUT2D eigenvalue weighted by molar-refractivity contribution is 0.242. The molecule has 0 saturated carbocycles. The second-order valence-electron chi connectivity index (χ2n) is 6.01. The molecule has 2 aromatic rings. The lowest BCUT2D eigenvalue weighted by Crippen LogP contribution is -2.06. The second-order valence-corrected chi connectivity index (χ2v) is 7.91. The summed E-state index contributed by atoms with van der Waals surface area (Å²) in [6, 6.07) is 20.3. The van der Waals surface area contributed by atoms with Gasteiger partial charge in [0.15, 0.2) is 0 Å². The van der Waals surface area contributed by atoms with Gasteiger partial charge in [0, 0.05) is 9.64 Å². The quantitative estimate of drug-likeness (QED) is 0.638. The third kappa shape index (κ3) is 9.19. The van der Waals surface area contributed by atoms with Gasteiger partial charge in [0.2, 0.25) is 0 Å². The van der Waals surface area contributed by atoms with Gasteiger partial charge in [-0.05, 0) is 38.1 Å². The maximum Gasteiger partial charge on any atom is 0.119 e. The zero-order chi connectivity index (χ0) is 15.7. The molecule has 0 radical (unpaired) electrons. The number of hydrogen-bond acceptors (Lipinski definition) is 2. The molecule has 0 N–H and O–H groups in total. The predicted octanol–water partition coefficient (Wildman–Crippen LogP) is 6.05. The highest BCUT2D eigenvalue weighted by Gasteiger charge is 2.10. The van der Waals surface area contributed by atoms with E-state index in [2.05, 4.69) is 45.0 Å². The van der Waals surface area contributed by atoms with E-state index in [0.29, 0.717) is 4.75 Å². The maximum absolute atomic E-state index is 5.41. The lowest BCUT2D eigenvalue weighted by Gasteiger charge is -2.16. The average molecular weight is 302 g/mol. The largest absolute Gasteiger partial charge is 0.491 e. The molecule has 0 heterocycles. The number of hydrogen-bond donors (Lipinski definition) is 0. The third-order valence-corrected chi connectivity index (χ3v) is 3.40. The Balaban J connectivity index is 0.000000211. The fraction of sp³-hybridized carbons (Fsp3) is 0.368. The minimum absolute atomic E-state index is 0.266. The van der Waals surface area contributed by atoms with E-state index in [9.17, 15) is 0 Å². The summed E-state index contributed by atoms with van der Waals surface area (Å²) >= 11 is 1.90. The summed E-state index contributed by atoms with van der Waals surface area (Å²) in [5.41, 5.74) is 0. The van der Waals surface area contributed by atoms with Crippen molar-refractivity contribution in [3.8, 4) is 5.75 Å². The van der Waals surface area contributed by atoms with E-state index in [0.717, 1.165) is 5.75 Å². The summed E-state index contributed by atoms with van der Waals surface area (Å²) in [6.07, 6.45) is 0.266. The van der Waals surface area contributed by atoms with E-state index in [1.54, 1.807) is 0 Å². The van der Waals surface area contributed by atoms with Crippen molar-refractivity contribution in [2.75, 3.05) is 0 Å². The minimum Gasteiger partial charge on any atom is -0.491 e. The molecular formula is C19H26OS. The topological polar surface area (TPSA) is 9.23 Å². The van der Waals surface area contributed by atoms with E-state index >= 15 is 0 Å². The molecule has 21 heavy (non-hydrogen) atoms. The van der Waals surface area contributed by atoms with Crippen LogP contribution in [-0.2, 0) is 0 Å². The van der Waals surface area contributed by atoms with Crippen LogP contribution in [0.15, 0.2) is 65.6 Å². The molecule has 0 amide bonds. The Morgan fingerprint density at radius 2 is 1.29 bits per heavy atom. The summed E-state index contributed by atoms with van der Waals surface area (Å²) < 4.78 is 5.73. The highest BCUT2D eigenvalue weighted by atomic mass is 32.2. The Kier molecular flexibility index (Phi) is 7.38. The number of para-hydroxylation sites is 1. The molecule has 114 valence electrons. The summed E-state index contributed by atoms with van der Waals surface area (Å²) in [5.74, 6) is 0.942. The molecule has 2 rings (SSSR count). The van der Waals surface area contributed by atoms with Crippen molar-refractivity contribution in [3.63, 3.8) is 0 Å². The minimum atomic E-state index is 0.266. The van der Waals surface area contributed by atoms with Crippen LogP contribution < -0.4 is 4.74 Å². The van der Waals surface area contributed by atoms with Gasteiger partial charge in [-0.15, -0.1) is 11.8 Å². The smallest absolute Gasteiger partial charge is 0.119 e. The maximum atomic E-state index is 5.41. The molecule has 0 saturated heterocycles. The van der Waals surface area contributed by atoms with Crippen molar-refractivity contribution >= 4 is 11.8 Å². The lowest BCUT2D eigenvalue weighted by atomic mass is 10.3. The van der Waals surface area contributed by atoms with Gasteiger partial charge in [0.1, 0.15) is 5.75 Å². The van der Waals surface area contributed by atoms with Gasteiger partial charge in [-0.3, -0.25) is 0 Å². The van der Waals surface area contributed by atoms with E-state index < -0.39 is 0 Å². The highest BCUT2D eigenvalue weighted by molar-refractivity contribution is 8.00. The zero-order valence-electron chi connectivity index (χ0n) is 13.7. The number of rotatable bonds is 3. The van der Waals surface area contributed by atoms with Crippen molar-refractivity contribution in [1.82, 2.24) is 0 Å². The molecule has 0 spiro atoms. The molecule has 0 aromatic heterocycles. The SMILES string of the molecule is CC(C)(C)Sc1ccccc1.CC(C)Oc1ccccc1. The Hall–Kier alpha value is -1.41. The Bertz CT molecular complexity index is 486. The zero-order valence-corrected chi connectivity index (χ0v) is 14.5.